The minimum absolute atomic E-state index is 0. The van der Waals surface area contributed by atoms with Crippen molar-refractivity contribution in [2.75, 3.05) is 26.4 Å². The van der Waals surface area contributed by atoms with E-state index in [1.54, 1.807) is 0 Å². The van der Waals surface area contributed by atoms with Gasteiger partial charge in [-0.05, 0) is 86.0 Å². The number of aliphatic imine (C=N–C) groups is 2. The van der Waals surface area contributed by atoms with Gasteiger partial charge in [0.25, 0.3) is 0 Å². The molecule has 0 aliphatic carbocycles. The number of rotatable bonds is 8. The number of para-hydroxylation sites is 2. The van der Waals surface area contributed by atoms with Gasteiger partial charge in [0.05, 0.1) is 11.4 Å². The van der Waals surface area contributed by atoms with Crippen LogP contribution in [0.1, 0.15) is 86.8 Å². The molecule has 3 aromatic carbocycles. The average molecular weight is 700 g/mol. The van der Waals surface area contributed by atoms with E-state index < -0.39 is 0 Å². The van der Waals surface area contributed by atoms with Crippen LogP contribution in [0.25, 0.3) is 0 Å². The van der Waals surface area contributed by atoms with Crippen LogP contribution in [0.4, 0.5) is 11.4 Å². The predicted molar refractivity (Wildman–Crippen MR) is 170 cm³/mol. The molecule has 0 bridgehead atoms. The van der Waals surface area contributed by atoms with E-state index in [0.29, 0.717) is 0 Å². The minimum atomic E-state index is 0. The Kier molecular flexibility index (Phi) is 24.1. The monoisotopic (exact) mass is 698 g/mol. The molecular formula is C36H47Cl2N2O2Y. The molecule has 4 nitrogen and oxygen atoms in total. The minimum Gasteiger partial charge on any atom is -1.00 e. The third-order valence-corrected chi connectivity index (χ3v) is 7.09. The molecule has 0 radical (unpaired) electrons. The van der Waals surface area contributed by atoms with Crippen LogP contribution in [0.5, 0.6) is 0 Å². The van der Waals surface area contributed by atoms with Gasteiger partial charge < -0.3 is 34.3 Å². The van der Waals surface area contributed by atoms with Crippen molar-refractivity contribution >= 4 is 23.8 Å². The zero-order chi connectivity index (χ0) is 28.4. The third-order valence-electron chi connectivity index (χ3n) is 7.09. The Hall–Kier alpha value is -1.40. The van der Waals surface area contributed by atoms with E-state index in [9.17, 15) is 0 Å². The Balaban J connectivity index is 0.00000114. The van der Waals surface area contributed by atoms with Crippen LogP contribution in [0.2, 0.25) is 0 Å². The van der Waals surface area contributed by atoms with Crippen LogP contribution in [-0.2, 0) is 67.9 Å². The molecule has 2 heterocycles. The Labute approximate surface area is 298 Å². The largest absolute Gasteiger partial charge is 3.00 e. The summed E-state index contributed by atoms with van der Waals surface area (Å²) >= 11 is 0. The number of ether oxygens (including phenoxy) is 2. The van der Waals surface area contributed by atoms with Gasteiger partial charge in [-0.1, -0.05) is 64.1 Å². The summed E-state index contributed by atoms with van der Waals surface area (Å²) in [6.45, 7) is 12.7. The van der Waals surface area contributed by atoms with Crippen molar-refractivity contribution in [1.82, 2.24) is 0 Å². The molecule has 2 saturated heterocycles. The molecule has 3 aromatic rings. The number of aryl methyl sites for hydroxylation is 4. The molecule has 230 valence electrons. The van der Waals surface area contributed by atoms with E-state index in [1.165, 1.54) is 47.9 Å². The molecule has 2 aliphatic heterocycles. The maximum absolute atomic E-state index is 4.94. The average Bonchev–Trinajstić information content (AvgIpc) is 3.79. The van der Waals surface area contributed by atoms with Crippen LogP contribution >= 0.6 is 0 Å². The van der Waals surface area contributed by atoms with E-state index >= 15 is 0 Å². The smallest absolute Gasteiger partial charge is 1.00 e. The van der Waals surface area contributed by atoms with E-state index in [1.807, 2.05) is 30.6 Å². The van der Waals surface area contributed by atoms with Gasteiger partial charge in [0.2, 0.25) is 0 Å². The summed E-state index contributed by atoms with van der Waals surface area (Å²) in [4.78, 5) is 9.66. The SMILES string of the molecule is C1CCOC1.C1CCOC1.CCc1cccc(CC)c1N=Cc1[c-]c(C=Nc2c(CC)cccc2CC)ccc1.[Cl-].[Cl-].[Y+3]. The fourth-order valence-corrected chi connectivity index (χ4v) is 4.71. The summed E-state index contributed by atoms with van der Waals surface area (Å²) in [5.41, 5.74) is 9.26. The molecule has 0 unspecified atom stereocenters. The van der Waals surface area contributed by atoms with Crippen molar-refractivity contribution in [1.29, 1.82) is 0 Å². The Morgan fingerprint density at radius 1 is 0.558 bits per heavy atom. The zero-order valence-electron chi connectivity index (χ0n) is 26.4. The summed E-state index contributed by atoms with van der Waals surface area (Å²) in [7, 11) is 0. The summed E-state index contributed by atoms with van der Waals surface area (Å²) in [5.74, 6) is 0. The Morgan fingerprint density at radius 3 is 1.12 bits per heavy atom. The number of hydrogen-bond acceptors (Lipinski definition) is 4. The maximum Gasteiger partial charge on any atom is 3.00 e. The molecule has 0 amide bonds. The van der Waals surface area contributed by atoms with E-state index in [0.717, 1.165) is 74.6 Å². The quantitative estimate of drug-likeness (QED) is 0.269. The molecule has 0 spiro atoms. The first kappa shape index (κ1) is 41.6. The first-order valence-electron chi connectivity index (χ1n) is 15.2. The van der Waals surface area contributed by atoms with Crippen LogP contribution in [0, 0.1) is 6.07 Å². The fraction of sp³-hybridized carbons (Fsp3) is 0.444. The van der Waals surface area contributed by atoms with Gasteiger partial charge in [-0.3, -0.25) is 9.98 Å². The second kappa shape index (κ2) is 24.9. The molecule has 43 heavy (non-hydrogen) atoms. The standard InChI is InChI=1S/C28H31N2.2C4H8O.2ClH.Y/c1-5-23-14-10-15-24(6-2)27(23)29-19-21-12-9-13-22(18-21)20-30-28-25(7-3)16-11-17-26(28)8-4;2*1-2-4-5-3-1;;;/h9-17,19-20H,5-8H2,1-4H3;2*1-4H2;2*1H;/q-1;;;;;+3/p-2. The predicted octanol–water partition coefficient (Wildman–Crippen LogP) is 2.84. The normalized spacial score (nSPS) is 13.7. The molecule has 0 atom stereocenters. The van der Waals surface area contributed by atoms with Gasteiger partial charge in [0.1, 0.15) is 0 Å². The van der Waals surface area contributed by atoms with Gasteiger partial charge in [-0.2, -0.15) is 0 Å². The molecule has 5 rings (SSSR count). The topological polar surface area (TPSA) is 43.2 Å². The summed E-state index contributed by atoms with van der Waals surface area (Å²) < 4.78 is 9.89. The van der Waals surface area contributed by atoms with Crippen LogP contribution in [0.3, 0.4) is 0 Å². The molecule has 0 aromatic heterocycles. The number of benzene rings is 3. The summed E-state index contributed by atoms with van der Waals surface area (Å²) in [5, 5.41) is 0. The molecule has 0 saturated carbocycles. The molecule has 7 heteroatoms. The Morgan fingerprint density at radius 2 is 0.860 bits per heavy atom. The summed E-state index contributed by atoms with van der Waals surface area (Å²) in [6.07, 6.45) is 12.9. The van der Waals surface area contributed by atoms with Crippen molar-refractivity contribution < 1.29 is 67.0 Å². The fourth-order valence-electron chi connectivity index (χ4n) is 4.71. The first-order valence-corrected chi connectivity index (χ1v) is 15.2. The molecular weight excluding hydrogens is 652 g/mol. The second-order valence-corrected chi connectivity index (χ2v) is 9.98. The van der Waals surface area contributed by atoms with Crippen molar-refractivity contribution in [3.05, 3.63) is 94.0 Å². The third kappa shape index (κ3) is 14.5. The van der Waals surface area contributed by atoms with E-state index in [2.05, 4.69) is 70.2 Å². The van der Waals surface area contributed by atoms with Gasteiger partial charge in [-0.25, -0.2) is 0 Å². The maximum atomic E-state index is 4.94. The Bertz CT molecular complexity index is 1080. The van der Waals surface area contributed by atoms with Gasteiger partial charge in [0.15, 0.2) is 0 Å². The van der Waals surface area contributed by atoms with Crippen molar-refractivity contribution in [3.8, 4) is 0 Å². The van der Waals surface area contributed by atoms with Crippen molar-refractivity contribution in [2.45, 2.75) is 79.1 Å². The number of nitrogens with zero attached hydrogens (tertiary/aromatic N) is 2. The summed E-state index contributed by atoms with van der Waals surface area (Å²) in [6, 6.07) is 22.5. The number of halogens is 2. The molecule has 2 fully saturated rings. The molecule has 0 N–H and O–H groups in total. The van der Waals surface area contributed by atoms with E-state index in [-0.39, 0.29) is 57.5 Å². The van der Waals surface area contributed by atoms with Crippen LogP contribution in [-0.4, -0.2) is 38.9 Å². The van der Waals surface area contributed by atoms with Gasteiger partial charge in [-0.15, -0.1) is 35.4 Å². The van der Waals surface area contributed by atoms with Crippen LogP contribution < -0.4 is 24.8 Å². The second-order valence-electron chi connectivity index (χ2n) is 9.98. The van der Waals surface area contributed by atoms with E-state index in [4.69, 9.17) is 19.5 Å². The zero-order valence-corrected chi connectivity index (χ0v) is 30.7. The number of hydrogen-bond donors (Lipinski definition) is 0. The van der Waals surface area contributed by atoms with Crippen LogP contribution in [0.15, 0.2) is 64.6 Å². The molecule has 2 aliphatic rings. The van der Waals surface area contributed by atoms with Crippen molar-refractivity contribution in [3.63, 3.8) is 0 Å². The van der Waals surface area contributed by atoms with Crippen molar-refractivity contribution in [2.24, 2.45) is 9.98 Å². The van der Waals surface area contributed by atoms with Gasteiger partial charge >= 0.3 is 32.7 Å². The van der Waals surface area contributed by atoms with Gasteiger partial charge in [0, 0.05) is 26.4 Å². The first-order chi connectivity index (χ1) is 19.7.